The van der Waals surface area contributed by atoms with E-state index >= 15 is 0 Å². The first kappa shape index (κ1) is 46.4. The first-order valence-corrected chi connectivity index (χ1v) is 21.8. The maximum Gasteiger partial charge on any atom is 0.157 e. The van der Waals surface area contributed by atoms with Gasteiger partial charge < -0.3 is 75.9 Å². The van der Waals surface area contributed by atoms with Crippen molar-refractivity contribution < 1.29 is 75.9 Å². The lowest BCUT2D eigenvalue weighted by atomic mass is 9.82. The van der Waals surface area contributed by atoms with Gasteiger partial charge in [0.25, 0.3) is 0 Å². The van der Waals surface area contributed by atoms with Crippen LogP contribution in [0, 0.1) is 0 Å². The molecule has 4 atom stereocenters. The number of hydrogen-bond donors (Lipinski definition) is 13. The molecule has 0 saturated heterocycles. The molecule has 4 unspecified atom stereocenters. The lowest BCUT2D eigenvalue weighted by Crippen LogP contribution is -2.12. The van der Waals surface area contributed by atoms with Crippen LogP contribution < -0.4 is 9.47 Å². The van der Waals surface area contributed by atoms with Crippen molar-refractivity contribution in [2.24, 2.45) is 0 Å². The van der Waals surface area contributed by atoms with Crippen molar-refractivity contribution in [1.82, 2.24) is 0 Å². The molecule has 10 rings (SSSR count). The van der Waals surface area contributed by atoms with Gasteiger partial charge in [-0.1, -0.05) is 54.6 Å². The standard InChI is InChI=1S/C28H22O8.C28H22O7/c29-18-9-17(10-19(30)12-18)27-26-15(3-1-14-2-5-21(32)23(34)7-14)8-20(31)13-25(26)36-28(27)16-4-6-22(33)24(35)11-16;29-19-6-2-15(3-7-19)1-4-16-9-22(32)14-25-26(16)27(18-10-20(30)13-21(31)11-18)28(35-25)17-5-8-23(33)24(34)12-17/h1-13,27-35H;1-14,27-34H/b3-1+;4-1+. The molecule has 0 aromatic heterocycles. The highest BCUT2D eigenvalue weighted by Crippen LogP contribution is 2.55. The molecular formula is C56H44O15. The van der Waals surface area contributed by atoms with Crippen molar-refractivity contribution in [3.05, 3.63) is 195 Å². The zero-order valence-corrected chi connectivity index (χ0v) is 37.0. The van der Waals surface area contributed by atoms with E-state index in [-0.39, 0.29) is 74.7 Å². The SMILES string of the molecule is Oc1cc(O)cc(C2c3c(/C=C/c4ccc(O)c(O)c4)cc(O)cc3OC2c2ccc(O)c(O)c2)c1.Oc1ccc(/C=C/c2cc(O)cc3c2C(c2cc(O)cc(O)c2)C(c2ccc(O)c(O)c2)O3)cc1. The van der Waals surface area contributed by atoms with E-state index in [0.717, 1.165) is 5.56 Å². The summed E-state index contributed by atoms with van der Waals surface area (Å²) >= 11 is 0. The van der Waals surface area contributed by atoms with Crippen LogP contribution >= 0.6 is 0 Å². The van der Waals surface area contributed by atoms with Gasteiger partial charge in [-0.2, -0.15) is 0 Å². The molecule has 13 N–H and O–H groups in total. The van der Waals surface area contributed by atoms with Gasteiger partial charge in [-0.15, -0.1) is 0 Å². The second kappa shape index (κ2) is 18.7. The Bertz CT molecular complexity index is 3360. The summed E-state index contributed by atoms with van der Waals surface area (Å²) in [5.74, 6) is -2.57. The van der Waals surface area contributed by atoms with Gasteiger partial charge in [-0.3, -0.25) is 0 Å². The molecule has 0 saturated carbocycles. The third-order valence-corrected chi connectivity index (χ3v) is 12.1. The van der Waals surface area contributed by atoms with E-state index in [1.807, 2.05) is 6.08 Å². The fourth-order valence-electron chi connectivity index (χ4n) is 8.95. The topological polar surface area (TPSA) is 281 Å². The van der Waals surface area contributed by atoms with Gasteiger partial charge in [0.05, 0.1) is 11.8 Å². The van der Waals surface area contributed by atoms with Crippen LogP contribution in [-0.4, -0.2) is 66.4 Å². The smallest absolute Gasteiger partial charge is 0.157 e. The highest BCUT2D eigenvalue weighted by Gasteiger charge is 2.41. The molecule has 0 bridgehead atoms. The number of phenols is 13. The predicted octanol–water partition coefficient (Wildman–Crippen LogP) is 10.4. The van der Waals surface area contributed by atoms with E-state index in [1.165, 1.54) is 91.0 Å². The lowest BCUT2D eigenvalue weighted by molar-refractivity contribution is 0.221. The van der Waals surface area contributed by atoms with E-state index in [2.05, 4.69) is 0 Å². The third-order valence-electron chi connectivity index (χ3n) is 12.1. The van der Waals surface area contributed by atoms with Crippen LogP contribution in [0.1, 0.15) is 79.7 Å². The Morgan fingerprint density at radius 2 is 0.648 bits per heavy atom. The Labute approximate surface area is 404 Å². The molecule has 15 nitrogen and oxygen atoms in total. The number of hydrogen-bond acceptors (Lipinski definition) is 15. The molecule has 0 fully saturated rings. The van der Waals surface area contributed by atoms with E-state index in [1.54, 1.807) is 66.8 Å². The summed E-state index contributed by atoms with van der Waals surface area (Å²) in [6, 6.07) is 34.2. The minimum atomic E-state index is -0.737. The van der Waals surface area contributed by atoms with E-state index in [4.69, 9.17) is 9.47 Å². The van der Waals surface area contributed by atoms with Crippen LogP contribution in [0.4, 0.5) is 0 Å². The van der Waals surface area contributed by atoms with Crippen molar-refractivity contribution in [2.45, 2.75) is 24.0 Å². The first-order chi connectivity index (χ1) is 34.0. The summed E-state index contributed by atoms with van der Waals surface area (Å²) in [6.07, 6.45) is 5.59. The van der Waals surface area contributed by atoms with Crippen molar-refractivity contribution >= 4 is 24.3 Å². The largest absolute Gasteiger partial charge is 0.508 e. The molecule has 2 aliphatic heterocycles. The molecule has 15 heteroatoms. The fraction of sp³-hybridized carbons (Fsp3) is 0.0714. The molecule has 2 aliphatic rings. The molecule has 8 aromatic carbocycles. The summed E-state index contributed by atoms with van der Waals surface area (Å²) in [6.45, 7) is 0. The minimum Gasteiger partial charge on any atom is -0.508 e. The molecule has 0 amide bonds. The first-order valence-electron chi connectivity index (χ1n) is 21.8. The highest BCUT2D eigenvalue weighted by molar-refractivity contribution is 5.77. The maximum atomic E-state index is 10.4. The normalized spacial score (nSPS) is 16.7. The fourth-order valence-corrected chi connectivity index (χ4v) is 8.95. The molecule has 71 heavy (non-hydrogen) atoms. The average Bonchev–Trinajstić information content (AvgIpc) is 3.90. The number of ether oxygens (including phenoxy) is 2. The van der Waals surface area contributed by atoms with Crippen LogP contribution in [0.25, 0.3) is 24.3 Å². The highest BCUT2D eigenvalue weighted by atomic mass is 16.5. The second-order valence-corrected chi connectivity index (χ2v) is 17.0. The van der Waals surface area contributed by atoms with Crippen molar-refractivity contribution in [3.63, 3.8) is 0 Å². The number of phenolic OH excluding ortho intramolecular Hbond substituents is 13. The molecule has 8 aromatic rings. The lowest BCUT2D eigenvalue weighted by Gasteiger charge is -2.21. The van der Waals surface area contributed by atoms with Crippen LogP contribution in [0.15, 0.2) is 140 Å². The zero-order chi connectivity index (χ0) is 50.2. The Hall–Kier alpha value is -9.76. The summed E-state index contributed by atoms with van der Waals surface area (Å²) in [5.41, 5.74) is 6.13. The van der Waals surface area contributed by atoms with Gasteiger partial charge in [0, 0.05) is 35.4 Å². The molecule has 0 spiro atoms. The van der Waals surface area contributed by atoms with Gasteiger partial charge >= 0.3 is 0 Å². The van der Waals surface area contributed by atoms with E-state index in [9.17, 15) is 66.4 Å². The molecule has 2 heterocycles. The van der Waals surface area contributed by atoms with E-state index < -0.39 is 24.0 Å². The summed E-state index contributed by atoms with van der Waals surface area (Å²) in [7, 11) is 0. The second-order valence-electron chi connectivity index (χ2n) is 17.0. The van der Waals surface area contributed by atoms with Crippen LogP contribution in [0.2, 0.25) is 0 Å². The minimum absolute atomic E-state index is 0.0131. The average molecular weight is 957 g/mol. The Morgan fingerprint density at radius 1 is 0.282 bits per heavy atom. The van der Waals surface area contributed by atoms with Gasteiger partial charge in [0.15, 0.2) is 34.5 Å². The Morgan fingerprint density at radius 3 is 1.06 bits per heavy atom. The maximum absolute atomic E-state index is 10.4. The van der Waals surface area contributed by atoms with Crippen LogP contribution in [-0.2, 0) is 0 Å². The van der Waals surface area contributed by atoms with Gasteiger partial charge in [-0.25, -0.2) is 0 Å². The van der Waals surface area contributed by atoms with Crippen molar-refractivity contribution in [1.29, 1.82) is 0 Å². The number of rotatable bonds is 8. The summed E-state index contributed by atoms with van der Waals surface area (Å²) < 4.78 is 12.5. The van der Waals surface area contributed by atoms with Gasteiger partial charge in [0.2, 0.25) is 0 Å². The third kappa shape index (κ3) is 9.69. The van der Waals surface area contributed by atoms with E-state index in [0.29, 0.717) is 61.6 Å². The van der Waals surface area contributed by atoms with Crippen molar-refractivity contribution in [2.75, 3.05) is 0 Å². The molecule has 0 radical (unpaired) electrons. The molecular weight excluding hydrogens is 913 g/mol. The number of benzene rings is 8. The van der Waals surface area contributed by atoms with Crippen LogP contribution in [0.5, 0.6) is 86.2 Å². The summed E-state index contributed by atoms with van der Waals surface area (Å²) in [4.78, 5) is 0. The van der Waals surface area contributed by atoms with Crippen molar-refractivity contribution in [3.8, 4) is 86.2 Å². The predicted molar refractivity (Wildman–Crippen MR) is 261 cm³/mol. The Kier molecular flexibility index (Phi) is 12.2. The summed E-state index contributed by atoms with van der Waals surface area (Å²) in [5, 5.41) is 130. The quantitative estimate of drug-likeness (QED) is 0.0498. The molecule has 0 aliphatic carbocycles. The number of fused-ring (bicyclic) bond motifs is 2. The van der Waals surface area contributed by atoms with Gasteiger partial charge in [-0.05, 0) is 129 Å². The Balaban J connectivity index is 0.000000176. The van der Waals surface area contributed by atoms with Crippen LogP contribution in [0.3, 0.4) is 0 Å². The molecule has 358 valence electrons. The monoisotopic (exact) mass is 956 g/mol. The van der Waals surface area contributed by atoms with Gasteiger partial charge in [0.1, 0.15) is 64.0 Å². The number of aromatic hydroxyl groups is 13. The zero-order valence-electron chi connectivity index (χ0n) is 37.0.